The zero-order valence-corrected chi connectivity index (χ0v) is 18.6. The van der Waals surface area contributed by atoms with E-state index in [2.05, 4.69) is 10.3 Å². The number of carbonyl (C=O) groups is 2. The molecule has 4 rings (SSSR count). The average molecular weight is 468 g/mol. The SMILES string of the molecule is CCOC(=O)Cn1c(=O)c2ncccc2n(Cc2ccc(CC3SC(=N)NC3=O)cc2)c1=O. The van der Waals surface area contributed by atoms with E-state index in [0.717, 1.165) is 15.7 Å². The van der Waals surface area contributed by atoms with Gasteiger partial charge in [-0.15, -0.1) is 0 Å². The van der Waals surface area contributed by atoms with Crippen molar-refractivity contribution >= 4 is 39.8 Å². The molecule has 11 heteroatoms. The Hall–Kier alpha value is -3.73. The van der Waals surface area contributed by atoms with Gasteiger partial charge in [0.05, 0.1) is 23.9 Å². The highest BCUT2D eigenvalue weighted by Crippen LogP contribution is 2.22. The maximum atomic E-state index is 13.1. The van der Waals surface area contributed by atoms with Crippen LogP contribution in [0, 0.1) is 5.41 Å². The number of fused-ring (bicyclic) bond motifs is 1. The Labute approximate surface area is 192 Å². The Morgan fingerprint density at radius 1 is 1.15 bits per heavy atom. The van der Waals surface area contributed by atoms with Crippen LogP contribution in [0.25, 0.3) is 11.0 Å². The lowest BCUT2D eigenvalue weighted by Crippen LogP contribution is -2.42. The van der Waals surface area contributed by atoms with E-state index in [0.29, 0.717) is 11.9 Å². The molecule has 2 aromatic heterocycles. The first-order valence-corrected chi connectivity index (χ1v) is 11.1. The number of ether oxygens (including phenoxy) is 1. The van der Waals surface area contributed by atoms with Crippen LogP contribution in [0.15, 0.2) is 52.2 Å². The van der Waals surface area contributed by atoms with E-state index in [9.17, 15) is 19.2 Å². The normalized spacial score (nSPS) is 15.6. The summed E-state index contributed by atoms with van der Waals surface area (Å²) in [6.45, 7) is 1.45. The van der Waals surface area contributed by atoms with E-state index in [1.165, 1.54) is 22.5 Å². The van der Waals surface area contributed by atoms with E-state index in [4.69, 9.17) is 10.1 Å². The number of aromatic nitrogens is 3. The highest BCUT2D eigenvalue weighted by molar-refractivity contribution is 8.15. The first-order chi connectivity index (χ1) is 15.9. The molecule has 0 radical (unpaired) electrons. The second-order valence-electron chi connectivity index (χ2n) is 7.38. The van der Waals surface area contributed by atoms with Crippen LogP contribution in [0.5, 0.6) is 0 Å². The van der Waals surface area contributed by atoms with Gasteiger partial charge < -0.3 is 10.1 Å². The van der Waals surface area contributed by atoms with Gasteiger partial charge in [-0.25, -0.2) is 14.3 Å². The number of esters is 1. The molecule has 3 heterocycles. The smallest absolute Gasteiger partial charge is 0.332 e. The van der Waals surface area contributed by atoms with E-state index >= 15 is 0 Å². The predicted molar refractivity (Wildman–Crippen MR) is 123 cm³/mol. The number of carbonyl (C=O) groups excluding carboxylic acids is 2. The monoisotopic (exact) mass is 467 g/mol. The van der Waals surface area contributed by atoms with Crippen molar-refractivity contribution in [3.05, 3.63) is 74.6 Å². The Balaban J connectivity index is 1.65. The van der Waals surface area contributed by atoms with E-state index < -0.39 is 23.8 Å². The third-order valence-corrected chi connectivity index (χ3v) is 6.16. The minimum atomic E-state index is -0.676. The number of hydrogen-bond donors (Lipinski definition) is 2. The fourth-order valence-corrected chi connectivity index (χ4v) is 4.49. The van der Waals surface area contributed by atoms with Crippen molar-refractivity contribution in [1.82, 2.24) is 19.4 Å². The van der Waals surface area contributed by atoms with Crippen molar-refractivity contribution < 1.29 is 14.3 Å². The Bertz CT molecular complexity index is 1360. The van der Waals surface area contributed by atoms with Crippen LogP contribution in [0.3, 0.4) is 0 Å². The van der Waals surface area contributed by atoms with Gasteiger partial charge in [0.15, 0.2) is 10.7 Å². The van der Waals surface area contributed by atoms with Crippen molar-refractivity contribution in [2.75, 3.05) is 6.61 Å². The summed E-state index contributed by atoms with van der Waals surface area (Å²) in [4.78, 5) is 53.8. The van der Waals surface area contributed by atoms with Crippen LogP contribution < -0.4 is 16.6 Å². The molecule has 1 fully saturated rings. The number of nitrogens with one attached hydrogen (secondary N) is 2. The van der Waals surface area contributed by atoms with Gasteiger partial charge in [0.2, 0.25) is 5.91 Å². The molecular weight excluding hydrogens is 446 g/mol. The number of amidine groups is 1. The number of hydrogen-bond acceptors (Lipinski definition) is 8. The van der Waals surface area contributed by atoms with Crippen LogP contribution in [0.4, 0.5) is 0 Å². The van der Waals surface area contributed by atoms with Gasteiger partial charge >= 0.3 is 11.7 Å². The van der Waals surface area contributed by atoms with E-state index in [-0.39, 0.29) is 35.0 Å². The number of pyridine rings is 1. The topological polar surface area (TPSA) is 136 Å². The van der Waals surface area contributed by atoms with E-state index in [1.54, 1.807) is 19.1 Å². The van der Waals surface area contributed by atoms with E-state index in [1.807, 2.05) is 24.3 Å². The molecule has 10 nitrogen and oxygen atoms in total. The second-order valence-corrected chi connectivity index (χ2v) is 8.59. The Morgan fingerprint density at radius 3 is 2.55 bits per heavy atom. The molecule has 1 aliphatic rings. The highest BCUT2D eigenvalue weighted by atomic mass is 32.2. The third kappa shape index (κ3) is 4.72. The molecule has 33 heavy (non-hydrogen) atoms. The maximum Gasteiger partial charge on any atom is 0.332 e. The average Bonchev–Trinajstić information content (AvgIpc) is 3.12. The van der Waals surface area contributed by atoms with Gasteiger partial charge in [0, 0.05) is 6.20 Å². The molecule has 3 aromatic rings. The van der Waals surface area contributed by atoms with Crippen LogP contribution in [0.2, 0.25) is 0 Å². The molecule has 1 aliphatic heterocycles. The van der Waals surface area contributed by atoms with Crippen LogP contribution >= 0.6 is 11.8 Å². The molecule has 1 aromatic carbocycles. The van der Waals surface area contributed by atoms with Gasteiger partial charge in [0.1, 0.15) is 6.54 Å². The minimum absolute atomic E-state index is 0.0877. The fraction of sp³-hybridized carbons (Fsp3) is 0.273. The van der Waals surface area contributed by atoms with Gasteiger partial charge in [0.25, 0.3) is 5.56 Å². The van der Waals surface area contributed by atoms with Gasteiger partial charge in [-0.05, 0) is 36.6 Å². The molecule has 0 bridgehead atoms. The molecular formula is C22H21N5O5S. The largest absolute Gasteiger partial charge is 0.465 e. The number of rotatable bonds is 7. The lowest BCUT2D eigenvalue weighted by atomic mass is 10.1. The number of benzene rings is 1. The summed E-state index contributed by atoms with van der Waals surface area (Å²) in [5.74, 6) is -0.853. The molecule has 1 unspecified atom stereocenters. The number of nitrogens with zero attached hydrogens (tertiary/aromatic N) is 3. The highest BCUT2D eigenvalue weighted by Gasteiger charge is 2.29. The molecule has 1 atom stereocenters. The second kappa shape index (κ2) is 9.41. The predicted octanol–water partition coefficient (Wildman–Crippen LogP) is 0.878. The van der Waals surface area contributed by atoms with Gasteiger partial charge in [-0.1, -0.05) is 36.0 Å². The van der Waals surface area contributed by atoms with Crippen LogP contribution in [-0.4, -0.2) is 43.0 Å². The fourth-order valence-electron chi connectivity index (χ4n) is 3.60. The van der Waals surface area contributed by atoms with Crippen molar-refractivity contribution in [3.63, 3.8) is 0 Å². The number of thioether (sulfide) groups is 1. The Kier molecular flexibility index (Phi) is 6.40. The summed E-state index contributed by atoms with van der Waals surface area (Å²) in [5.41, 5.74) is 0.901. The summed E-state index contributed by atoms with van der Waals surface area (Å²) in [6, 6.07) is 10.7. The third-order valence-electron chi connectivity index (χ3n) is 5.15. The van der Waals surface area contributed by atoms with Gasteiger partial charge in [-0.3, -0.25) is 24.4 Å². The lowest BCUT2D eigenvalue weighted by Gasteiger charge is -2.14. The summed E-state index contributed by atoms with van der Waals surface area (Å²) in [6.07, 6.45) is 1.94. The molecule has 170 valence electrons. The Morgan fingerprint density at radius 2 is 1.88 bits per heavy atom. The maximum absolute atomic E-state index is 13.1. The molecule has 1 saturated heterocycles. The molecule has 1 amide bonds. The molecule has 0 spiro atoms. The first kappa shape index (κ1) is 22.5. The van der Waals surface area contributed by atoms with Crippen molar-refractivity contribution in [2.24, 2.45) is 0 Å². The summed E-state index contributed by atoms with van der Waals surface area (Å²) < 4.78 is 7.14. The summed E-state index contributed by atoms with van der Waals surface area (Å²) in [7, 11) is 0. The summed E-state index contributed by atoms with van der Waals surface area (Å²) in [5, 5.41) is 9.86. The van der Waals surface area contributed by atoms with Crippen molar-refractivity contribution in [1.29, 1.82) is 5.41 Å². The standard InChI is InChI=1S/C22H21N5O5S/c1-2-32-17(28)12-27-20(30)18-15(4-3-9-24-18)26(22(27)31)11-14-7-5-13(6-8-14)10-16-19(29)25-21(23)33-16/h3-9,16H,2,10-12H2,1H3,(H2,23,25,29). The summed E-state index contributed by atoms with van der Waals surface area (Å²) >= 11 is 1.19. The zero-order valence-electron chi connectivity index (χ0n) is 17.7. The quantitative estimate of drug-likeness (QED) is 0.492. The number of amides is 1. The van der Waals surface area contributed by atoms with Gasteiger partial charge in [-0.2, -0.15) is 0 Å². The van der Waals surface area contributed by atoms with Crippen molar-refractivity contribution in [3.8, 4) is 0 Å². The zero-order chi connectivity index (χ0) is 23.5. The van der Waals surface area contributed by atoms with Crippen LogP contribution in [0.1, 0.15) is 18.1 Å². The molecule has 0 aliphatic carbocycles. The molecule has 2 N–H and O–H groups in total. The van der Waals surface area contributed by atoms with Crippen LogP contribution in [-0.2, 0) is 33.8 Å². The molecule has 0 saturated carbocycles. The first-order valence-electron chi connectivity index (χ1n) is 10.2. The lowest BCUT2D eigenvalue weighted by molar-refractivity contribution is -0.144. The minimum Gasteiger partial charge on any atom is -0.465 e. The van der Waals surface area contributed by atoms with Crippen molar-refractivity contribution in [2.45, 2.75) is 31.7 Å².